The first-order valence-corrected chi connectivity index (χ1v) is 4.95. The van der Waals surface area contributed by atoms with Gasteiger partial charge in [-0.15, -0.1) is 0 Å². The fourth-order valence-electron chi connectivity index (χ4n) is 1.44. The van der Waals surface area contributed by atoms with E-state index in [0.717, 1.165) is 12.0 Å². The van der Waals surface area contributed by atoms with Crippen molar-refractivity contribution in [2.75, 3.05) is 12.3 Å². The van der Waals surface area contributed by atoms with E-state index in [0.29, 0.717) is 11.3 Å². The second-order valence-electron chi connectivity index (χ2n) is 3.51. The van der Waals surface area contributed by atoms with E-state index in [9.17, 15) is 10.2 Å². The second-order valence-corrected chi connectivity index (χ2v) is 3.51. The molecule has 0 aliphatic rings. The lowest BCUT2D eigenvalue weighted by molar-refractivity contribution is -0.0152. The fraction of sp³-hybridized carbons (Fsp3) is 0.455. The number of aryl methyl sites for hydroxylation is 1. The van der Waals surface area contributed by atoms with Gasteiger partial charge in [-0.3, -0.25) is 0 Å². The van der Waals surface area contributed by atoms with E-state index in [-0.39, 0.29) is 0 Å². The average molecular weight is 211 g/mol. The predicted octanol–water partition coefficient (Wildman–Crippen LogP) is 0.218. The van der Waals surface area contributed by atoms with Gasteiger partial charge in [-0.05, 0) is 23.6 Å². The average Bonchev–Trinajstić information content (AvgIpc) is 2.27. The smallest absolute Gasteiger partial charge is 0.107 e. The van der Waals surface area contributed by atoms with Crippen LogP contribution < -0.4 is 5.73 Å². The van der Waals surface area contributed by atoms with Crippen LogP contribution in [-0.4, -0.2) is 28.0 Å². The molecule has 2 unspecified atom stereocenters. The highest BCUT2D eigenvalue weighted by atomic mass is 16.4. The minimum Gasteiger partial charge on any atom is -0.399 e. The third kappa shape index (κ3) is 2.68. The molecule has 0 saturated carbocycles. The van der Waals surface area contributed by atoms with Crippen LogP contribution in [-0.2, 0) is 6.42 Å². The Bertz CT molecular complexity index is 328. The van der Waals surface area contributed by atoms with Gasteiger partial charge in [0.05, 0.1) is 6.61 Å². The summed E-state index contributed by atoms with van der Waals surface area (Å²) in [5.41, 5.74) is 7.89. The van der Waals surface area contributed by atoms with E-state index in [1.54, 1.807) is 18.2 Å². The molecule has 5 N–H and O–H groups in total. The third-order valence-electron chi connectivity index (χ3n) is 2.44. The van der Waals surface area contributed by atoms with Crippen molar-refractivity contribution >= 4 is 5.69 Å². The summed E-state index contributed by atoms with van der Waals surface area (Å²) in [4.78, 5) is 0. The molecular formula is C11H17NO3. The Morgan fingerprint density at radius 1 is 1.33 bits per heavy atom. The zero-order valence-corrected chi connectivity index (χ0v) is 8.72. The zero-order valence-electron chi connectivity index (χ0n) is 8.72. The quantitative estimate of drug-likeness (QED) is 0.536. The van der Waals surface area contributed by atoms with E-state index in [1.165, 1.54) is 0 Å². The van der Waals surface area contributed by atoms with E-state index >= 15 is 0 Å². The molecule has 0 bridgehead atoms. The molecule has 1 aromatic carbocycles. The van der Waals surface area contributed by atoms with Crippen molar-refractivity contribution in [2.24, 2.45) is 0 Å². The first-order valence-electron chi connectivity index (χ1n) is 4.95. The molecule has 15 heavy (non-hydrogen) atoms. The number of nitrogens with two attached hydrogens (primary N) is 1. The Morgan fingerprint density at radius 3 is 2.53 bits per heavy atom. The number of aliphatic hydroxyl groups excluding tert-OH is 3. The van der Waals surface area contributed by atoms with E-state index in [1.807, 2.05) is 6.92 Å². The molecule has 0 aromatic heterocycles. The Balaban J connectivity index is 2.95. The zero-order chi connectivity index (χ0) is 11.4. The second kappa shape index (κ2) is 5.11. The number of nitrogen functional groups attached to an aromatic ring is 1. The van der Waals surface area contributed by atoms with Crippen molar-refractivity contribution in [3.8, 4) is 0 Å². The van der Waals surface area contributed by atoms with Gasteiger partial charge < -0.3 is 21.1 Å². The van der Waals surface area contributed by atoms with E-state index in [4.69, 9.17) is 10.8 Å². The molecule has 84 valence electrons. The van der Waals surface area contributed by atoms with Gasteiger partial charge in [0.25, 0.3) is 0 Å². The molecule has 0 amide bonds. The Kier molecular flexibility index (Phi) is 4.08. The van der Waals surface area contributed by atoms with Crippen LogP contribution in [0.4, 0.5) is 5.69 Å². The molecule has 0 spiro atoms. The van der Waals surface area contributed by atoms with Gasteiger partial charge in [0.1, 0.15) is 12.2 Å². The maximum atomic E-state index is 9.65. The summed E-state index contributed by atoms with van der Waals surface area (Å²) in [7, 11) is 0. The van der Waals surface area contributed by atoms with Gasteiger partial charge in [-0.25, -0.2) is 0 Å². The van der Waals surface area contributed by atoms with E-state index < -0.39 is 18.8 Å². The summed E-state index contributed by atoms with van der Waals surface area (Å²) in [6.45, 7) is 1.50. The monoisotopic (exact) mass is 211 g/mol. The van der Waals surface area contributed by atoms with Crippen molar-refractivity contribution in [1.29, 1.82) is 0 Å². The summed E-state index contributed by atoms with van der Waals surface area (Å²) in [6, 6.07) is 5.10. The van der Waals surface area contributed by atoms with Crippen molar-refractivity contribution < 1.29 is 15.3 Å². The Morgan fingerprint density at radius 2 is 2.00 bits per heavy atom. The molecule has 4 heteroatoms. The predicted molar refractivity (Wildman–Crippen MR) is 58.3 cm³/mol. The van der Waals surface area contributed by atoms with Crippen LogP contribution in [0.1, 0.15) is 24.2 Å². The number of rotatable bonds is 4. The number of aliphatic hydroxyl groups is 3. The lowest BCUT2D eigenvalue weighted by Crippen LogP contribution is -2.22. The first-order chi connectivity index (χ1) is 7.10. The van der Waals surface area contributed by atoms with Crippen LogP contribution in [0, 0.1) is 0 Å². The first kappa shape index (κ1) is 12.0. The maximum Gasteiger partial charge on any atom is 0.107 e. The van der Waals surface area contributed by atoms with Crippen molar-refractivity contribution in [3.63, 3.8) is 0 Å². The van der Waals surface area contributed by atoms with Gasteiger partial charge in [-0.2, -0.15) is 0 Å². The molecule has 0 saturated heterocycles. The van der Waals surface area contributed by atoms with Gasteiger partial charge >= 0.3 is 0 Å². The summed E-state index contributed by atoms with van der Waals surface area (Å²) >= 11 is 0. The minimum absolute atomic E-state index is 0.465. The third-order valence-corrected chi connectivity index (χ3v) is 2.44. The lowest BCUT2D eigenvalue weighted by atomic mass is 10.00. The van der Waals surface area contributed by atoms with Crippen molar-refractivity contribution in [1.82, 2.24) is 0 Å². The summed E-state index contributed by atoms with van der Waals surface area (Å²) in [6.07, 6.45) is -1.46. The van der Waals surface area contributed by atoms with Gasteiger partial charge in [-0.1, -0.05) is 19.1 Å². The summed E-state index contributed by atoms with van der Waals surface area (Å²) in [5, 5.41) is 27.6. The number of hydrogen-bond acceptors (Lipinski definition) is 4. The van der Waals surface area contributed by atoms with Crippen LogP contribution >= 0.6 is 0 Å². The molecule has 1 rings (SSSR count). The van der Waals surface area contributed by atoms with Crippen LogP contribution in [0.5, 0.6) is 0 Å². The molecule has 0 heterocycles. The van der Waals surface area contributed by atoms with Crippen LogP contribution in [0.15, 0.2) is 18.2 Å². The molecule has 0 aliphatic heterocycles. The Labute approximate surface area is 89.0 Å². The SMILES string of the molecule is CCc1cc(C(O)C(O)CO)ccc1N. The van der Waals surface area contributed by atoms with Crippen molar-refractivity contribution in [3.05, 3.63) is 29.3 Å². The fourth-order valence-corrected chi connectivity index (χ4v) is 1.44. The largest absolute Gasteiger partial charge is 0.399 e. The van der Waals surface area contributed by atoms with E-state index in [2.05, 4.69) is 0 Å². The number of anilines is 1. The highest BCUT2D eigenvalue weighted by molar-refractivity contribution is 5.49. The standard InChI is InChI=1S/C11H17NO3/c1-2-7-5-8(3-4-9(7)12)11(15)10(14)6-13/h3-5,10-11,13-15H,2,6,12H2,1H3. The molecule has 0 fully saturated rings. The lowest BCUT2D eigenvalue weighted by Gasteiger charge is -2.17. The molecule has 0 aliphatic carbocycles. The van der Waals surface area contributed by atoms with Gasteiger partial charge in [0, 0.05) is 5.69 Å². The molecule has 2 atom stereocenters. The number of benzene rings is 1. The molecule has 1 aromatic rings. The van der Waals surface area contributed by atoms with Crippen LogP contribution in [0.2, 0.25) is 0 Å². The molecule has 4 nitrogen and oxygen atoms in total. The van der Waals surface area contributed by atoms with Gasteiger partial charge in [0.15, 0.2) is 0 Å². The topological polar surface area (TPSA) is 86.7 Å². The van der Waals surface area contributed by atoms with Crippen molar-refractivity contribution in [2.45, 2.75) is 25.6 Å². The van der Waals surface area contributed by atoms with Gasteiger partial charge in [0.2, 0.25) is 0 Å². The Hall–Kier alpha value is -1.10. The normalized spacial score (nSPS) is 14.9. The van der Waals surface area contributed by atoms with Crippen LogP contribution in [0.3, 0.4) is 0 Å². The highest BCUT2D eigenvalue weighted by Gasteiger charge is 2.17. The number of hydrogen-bond donors (Lipinski definition) is 4. The van der Waals surface area contributed by atoms with Crippen LogP contribution in [0.25, 0.3) is 0 Å². The minimum atomic E-state index is -1.15. The summed E-state index contributed by atoms with van der Waals surface area (Å²) < 4.78 is 0. The maximum absolute atomic E-state index is 9.65. The highest BCUT2D eigenvalue weighted by Crippen LogP contribution is 2.22. The molecular weight excluding hydrogens is 194 g/mol. The summed E-state index contributed by atoms with van der Waals surface area (Å²) in [5.74, 6) is 0. The molecule has 0 radical (unpaired) electrons.